The fraction of sp³-hybridized carbons (Fsp3) is 0.182. The number of rotatable bonds is 1. The Morgan fingerprint density at radius 1 is 1.31 bits per heavy atom. The lowest BCUT2D eigenvalue weighted by Gasteiger charge is -2.00. The lowest BCUT2D eigenvalue weighted by atomic mass is 10.1. The lowest BCUT2D eigenvalue weighted by molar-refractivity contribution is 1.12. The summed E-state index contributed by atoms with van der Waals surface area (Å²) in [5.74, 6) is 0. The van der Waals surface area contributed by atoms with Crippen LogP contribution in [0.2, 0.25) is 0 Å². The molecule has 66 valence electrons. The van der Waals surface area contributed by atoms with Gasteiger partial charge in [0, 0.05) is 16.1 Å². The fourth-order valence-corrected chi connectivity index (χ4v) is 1.72. The summed E-state index contributed by atoms with van der Waals surface area (Å²) in [6.07, 6.45) is 2.98. The molecule has 0 radical (unpaired) electrons. The molecule has 0 saturated carbocycles. The molecular weight excluding hydrogens is 226 g/mol. The molecule has 2 heteroatoms. The van der Waals surface area contributed by atoms with Gasteiger partial charge in [0.15, 0.2) is 0 Å². The minimum atomic E-state index is 1.04. The smallest absolute Gasteiger partial charge is 0.0702 e. The molecule has 2 rings (SSSR count). The van der Waals surface area contributed by atoms with Crippen molar-refractivity contribution >= 4 is 26.8 Å². The maximum absolute atomic E-state index is 4.37. The Morgan fingerprint density at radius 2 is 2.15 bits per heavy atom. The zero-order chi connectivity index (χ0) is 9.26. The molecule has 2 aromatic rings. The monoisotopic (exact) mass is 235 g/mol. The Hall–Kier alpha value is -0.890. The van der Waals surface area contributed by atoms with E-state index in [0.29, 0.717) is 0 Å². The molecule has 0 aliphatic heterocycles. The van der Waals surface area contributed by atoms with E-state index in [0.717, 1.165) is 16.4 Å². The molecule has 1 aromatic heterocycles. The molecule has 1 nitrogen and oxygen atoms in total. The summed E-state index contributed by atoms with van der Waals surface area (Å²) in [6, 6.07) is 8.33. The van der Waals surface area contributed by atoms with Gasteiger partial charge >= 0.3 is 0 Å². The van der Waals surface area contributed by atoms with Crippen LogP contribution in [-0.2, 0) is 6.42 Å². The first-order valence-corrected chi connectivity index (χ1v) is 5.13. The van der Waals surface area contributed by atoms with Crippen molar-refractivity contribution in [1.29, 1.82) is 0 Å². The van der Waals surface area contributed by atoms with Gasteiger partial charge in [-0.05, 0) is 36.2 Å². The molecular formula is C11H10BrN. The zero-order valence-corrected chi connectivity index (χ0v) is 9.01. The van der Waals surface area contributed by atoms with E-state index in [1.807, 2.05) is 18.3 Å². The normalized spacial score (nSPS) is 10.6. The highest BCUT2D eigenvalue weighted by molar-refractivity contribution is 9.10. The Labute approximate surface area is 85.9 Å². The minimum absolute atomic E-state index is 1.04. The maximum Gasteiger partial charge on any atom is 0.0702 e. The standard InChI is InChI=1S/C11H10BrN/c1-2-8-5-9-6-10(12)3-4-11(9)13-7-8/h3-7H,2H2,1H3. The van der Waals surface area contributed by atoms with E-state index in [2.05, 4.69) is 40.0 Å². The average Bonchev–Trinajstić information content (AvgIpc) is 2.16. The van der Waals surface area contributed by atoms with E-state index in [1.165, 1.54) is 10.9 Å². The number of nitrogens with zero attached hydrogens (tertiary/aromatic N) is 1. The van der Waals surface area contributed by atoms with Gasteiger partial charge in [-0.3, -0.25) is 4.98 Å². The molecule has 0 N–H and O–H groups in total. The number of fused-ring (bicyclic) bond motifs is 1. The van der Waals surface area contributed by atoms with Crippen LogP contribution in [0.15, 0.2) is 34.9 Å². The molecule has 0 aliphatic rings. The summed E-state index contributed by atoms with van der Waals surface area (Å²) >= 11 is 3.45. The van der Waals surface area contributed by atoms with Gasteiger partial charge in [0.2, 0.25) is 0 Å². The van der Waals surface area contributed by atoms with Crippen molar-refractivity contribution in [3.63, 3.8) is 0 Å². The molecule has 0 spiro atoms. The van der Waals surface area contributed by atoms with Crippen LogP contribution >= 0.6 is 15.9 Å². The minimum Gasteiger partial charge on any atom is -0.256 e. The number of hydrogen-bond acceptors (Lipinski definition) is 1. The Bertz CT molecular complexity index is 437. The molecule has 0 fully saturated rings. The van der Waals surface area contributed by atoms with E-state index in [-0.39, 0.29) is 0 Å². The summed E-state index contributed by atoms with van der Waals surface area (Å²) in [5, 5.41) is 1.20. The van der Waals surface area contributed by atoms with Crippen molar-refractivity contribution in [3.05, 3.63) is 40.5 Å². The molecule has 1 heterocycles. The fourth-order valence-electron chi connectivity index (χ4n) is 1.34. The first-order valence-electron chi connectivity index (χ1n) is 4.34. The first-order chi connectivity index (χ1) is 6.29. The highest BCUT2D eigenvalue weighted by Gasteiger charge is 1.96. The lowest BCUT2D eigenvalue weighted by Crippen LogP contribution is -1.84. The van der Waals surface area contributed by atoms with Crippen molar-refractivity contribution < 1.29 is 0 Å². The highest BCUT2D eigenvalue weighted by Crippen LogP contribution is 2.18. The Kier molecular flexibility index (Phi) is 2.32. The van der Waals surface area contributed by atoms with E-state index >= 15 is 0 Å². The van der Waals surface area contributed by atoms with Crippen LogP contribution in [0, 0.1) is 0 Å². The van der Waals surface area contributed by atoms with Gasteiger partial charge < -0.3 is 0 Å². The number of halogens is 1. The van der Waals surface area contributed by atoms with Crippen molar-refractivity contribution in [3.8, 4) is 0 Å². The largest absolute Gasteiger partial charge is 0.256 e. The third kappa shape index (κ3) is 1.73. The summed E-state index contributed by atoms with van der Waals surface area (Å²) in [4.78, 5) is 4.37. The Morgan fingerprint density at radius 3 is 2.92 bits per heavy atom. The molecule has 1 aromatic carbocycles. The second kappa shape index (κ2) is 3.46. The van der Waals surface area contributed by atoms with E-state index in [9.17, 15) is 0 Å². The molecule has 0 bridgehead atoms. The van der Waals surface area contributed by atoms with Gasteiger partial charge in [0.05, 0.1) is 5.52 Å². The zero-order valence-electron chi connectivity index (χ0n) is 7.42. The van der Waals surface area contributed by atoms with Crippen molar-refractivity contribution in [2.75, 3.05) is 0 Å². The summed E-state index contributed by atoms with van der Waals surface area (Å²) in [7, 11) is 0. The predicted octanol–water partition coefficient (Wildman–Crippen LogP) is 3.56. The van der Waals surface area contributed by atoms with Crippen LogP contribution in [0.3, 0.4) is 0 Å². The number of aryl methyl sites for hydroxylation is 1. The van der Waals surface area contributed by atoms with Crippen molar-refractivity contribution in [1.82, 2.24) is 4.98 Å². The molecule has 0 saturated heterocycles. The van der Waals surface area contributed by atoms with Crippen LogP contribution in [-0.4, -0.2) is 4.98 Å². The molecule has 0 unspecified atom stereocenters. The van der Waals surface area contributed by atoms with Crippen molar-refractivity contribution in [2.24, 2.45) is 0 Å². The maximum atomic E-state index is 4.37. The van der Waals surface area contributed by atoms with E-state index < -0.39 is 0 Å². The van der Waals surface area contributed by atoms with Crippen molar-refractivity contribution in [2.45, 2.75) is 13.3 Å². The van der Waals surface area contributed by atoms with E-state index in [1.54, 1.807) is 0 Å². The predicted molar refractivity (Wildman–Crippen MR) is 58.8 cm³/mol. The SMILES string of the molecule is CCc1cnc2ccc(Br)cc2c1. The number of hydrogen-bond donors (Lipinski definition) is 0. The van der Waals surface area contributed by atoms with Crippen LogP contribution in [0.5, 0.6) is 0 Å². The number of pyridine rings is 1. The number of benzene rings is 1. The van der Waals surface area contributed by atoms with Crippen LogP contribution in [0.4, 0.5) is 0 Å². The van der Waals surface area contributed by atoms with Gasteiger partial charge in [0.25, 0.3) is 0 Å². The second-order valence-corrected chi connectivity index (χ2v) is 3.95. The van der Waals surface area contributed by atoms with E-state index in [4.69, 9.17) is 0 Å². The molecule has 0 aliphatic carbocycles. The van der Waals surface area contributed by atoms with Crippen LogP contribution < -0.4 is 0 Å². The molecule has 0 atom stereocenters. The highest BCUT2D eigenvalue weighted by atomic mass is 79.9. The average molecular weight is 236 g/mol. The number of aromatic nitrogens is 1. The van der Waals surface area contributed by atoms with Crippen LogP contribution in [0.1, 0.15) is 12.5 Å². The topological polar surface area (TPSA) is 12.9 Å². The second-order valence-electron chi connectivity index (χ2n) is 3.03. The van der Waals surface area contributed by atoms with Gasteiger partial charge in [-0.1, -0.05) is 22.9 Å². The van der Waals surface area contributed by atoms with Gasteiger partial charge in [-0.2, -0.15) is 0 Å². The summed E-state index contributed by atoms with van der Waals surface area (Å²) < 4.78 is 1.11. The summed E-state index contributed by atoms with van der Waals surface area (Å²) in [5.41, 5.74) is 2.34. The van der Waals surface area contributed by atoms with Gasteiger partial charge in [0.1, 0.15) is 0 Å². The van der Waals surface area contributed by atoms with Crippen LogP contribution in [0.25, 0.3) is 10.9 Å². The third-order valence-electron chi connectivity index (χ3n) is 2.11. The Balaban J connectivity index is 2.68. The third-order valence-corrected chi connectivity index (χ3v) is 2.60. The first kappa shape index (κ1) is 8.70. The summed E-state index contributed by atoms with van der Waals surface area (Å²) in [6.45, 7) is 2.14. The van der Waals surface area contributed by atoms with Gasteiger partial charge in [-0.25, -0.2) is 0 Å². The quantitative estimate of drug-likeness (QED) is 0.737. The van der Waals surface area contributed by atoms with Gasteiger partial charge in [-0.15, -0.1) is 0 Å². The molecule has 13 heavy (non-hydrogen) atoms. The molecule has 0 amide bonds.